The third kappa shape index (κ3) is 5.15. The van der Waals surface area contributed by atoms with Gasteiger partial charge in [0.05, 0.1) is 25.3 Å². The number of pyridine rings is 1. The number of aryl methyl sites for hydroxylation is 1. The van der Waals surface area contributed by atoms with Gasteiger partial charge in [0.2, 0.25) is 0 Å². The summed E-state index contributed by atoms with van der Waals surface area (Å²) in [6, 6.07) is 12.5. The molecule has 2 aliphatic heterocycles. The molecule has 0 saturated carbocycles. The highest BCUT2D eigenvalue weighted by Crippen LogP contribution is 2.37. The Hall–Kier alpha value is -3.92. The van der Waals surface area contributed by atoms with Crippen LogP contribution in [0.1, 0.15) is 44.8 Å². The average Bonchev–Trinajstić information content (AvgIpc) is 3.01. The van der Waals surface area contributed by atoms with E-state index in [0.29, 0.717) is 55.7 Å². The van der Waals surface area contributed by atoms with E-state index in [1.54, 1.807) is 30.3 Å². The van der Waals surface area contributed by atoms with E-state index in [1.165, 1.54) is 6.07 Å². The van der Waals surface area contributed by atoms with Crippen LogP contribution in [0.4, 0.5) is 18.9 Å². The molecule has 3 heterocycles. The Kier molecular flexibility index (Phi) is 6.36. The quantitative estimate of drug-likeness (QED) is 0.517. The van der Waals surface area contributed by atoms with Crippen molar-refractivity contribution in [2.24, 2.45) is 0 Å². The molecule has 5 rings (SSSR count). The molecule has 2 aliphatic rings. The molecule has 0 bridgehead atoms. The van der Waals surface area contributed by atoms with E-state index >= 15 is 0 Å². The summed E-state index contributed by atoms with van der Waals surface area (Å²) < 4.78 is 50.9. The third-order valence-corrected chi connectivity index (χ3v) is 6.65. The summed E-state index contributed by atoms with van der Waals surface area (Å²) in [7, 11) is 0. The van der Waals surface area contributed by atoms with Crippen molar-refractivity contribution < 1.29 is 32.2 Å². The number of nitrogens with one attached hydrogen (secondary N) is 2. The molecule has 2 N–H and O–H groups in total. The van der Waals surface area contributed by atoms with Gasteiger partial charge in [0.15, 0.2) is 0 Å². The molecule has 1 fully saturated rings. The molecule has 0 atom stereocenters. The lowest BCUT2D eigenvalue weighted by atomic mass is 9.94. The molecule has 2 aromatic carbocycles. The number of fused-ring (bicyclic) bond motifs is 1. The second-order valence-electron chi connectivity index (χ2n) is 9.20. The number of hydrogen-bond acceptors (Lipinski definition) is 5. The Labute approximate surface area is 211 Å². The van der Waals surface area contributed by atoms with E-state index in [0.717, 1.165) is 22.9 Å². The zero-order valence-corrected chi connectivity index (χ0v) is 19.9. The van der Waals surface area contributed by atoms with Gasteiger partial charge >= 0.3 is 6.18 Å². The zero-order valence-electron chi connectivity index (χ0n) is 19.9. The van der Waals surface area contributed by atoms with Crippen LogP contribution >= 0.6 is 0 Å². The normalized spacial score (nSPS) is 16.8. The first-order chi connectivity index (χ1) is 17.6. The number of alkyl halides is 3. The van der Waals surface area contributed by atoms with E-state index in [-0.39, 0.29) is 11.5 Å². The number of carbonyl (C=O) groups excluding carboxylic acids is 2. The predicted molar refractivity (Wildman–Crippen MR) is 130 cm³/mol. The van der Waals surface area contributed by atoms with Gasteiger partial charge < -0.3 is 20.1 Å². The maximum absolute atomic E-state index is 13.0. The van der Waals surface area contributed by atoms with Crippen molar-refractivity contribution in [3.8, 4) is 16.9 Å². The van der Waals surface area contributed by atoms with Gasteiger partial charge in [0.1, 0.15) is 17.0 Å². The second-order valence-corrected chi connectivity index (χ2v) is 9.20. The Bertz CT molecular complexity index is 1370. The van der Waals surface area contributed by atoms with Crippen LogP contribution in [0.25, 0.3) is 11.1 Å². The fraction of sp³-hybridized carbons (Fsp3) is 0.296. The SMILES string of the molecule is Cc1ccc(NC(=O)c2ccnc(C(F)(F)F)c2)cc1-c1ccc2c(c1)OC1(CCOCC1)CNC2=O. The van der Waals surface area contributed by atoms with Crippen molar-refractivity contribution in [2.75, 3.05) is 25.1 Å². The molecule has 0 aliphatic carbocycles. The molecule has 10 heteroatoms. The highest BCUT2D eigenvalue weighted by molar-refractivity contribution is 6.04. The number of rotatable bonds is 3. The fourth-order valence-corrected chi connectivity index (χ4v) is 4.53. The van der Waals surface area contributed by atoms with Crippen LogP contribution in [-0.4, -0.2) is 42.2 Å². The minimum absolute atomic E-state index is 0.157. The van der Waals surface area contributed by atoms with Crippen molar-refractivity contribution in [1.82, 2.24) is 10.3 Å². The van der Waals surface area contributed by atoms with Crippen LogP contribution in [-0.2, 0) is 10.9 Å². The molecule has 7 nitrogen and oxygen atoms in total. The molecule has 1 aromatic heterocycles. The molecular weight excluding hydrogens is 487 g/mol. The summed E-state index contributed by atoms with van der Waals surface area (Å²) in [5, 5.41) is 5.61. The van der Waals surface area contributed by atoms with E-state index in [9.17, 15) is 22.8 Å². The molecule has 0 radical (unpaired) electrons. The number of aromatic nitrogens is 1. The average molecular weight is 512 g/mol. The number of anilines is 1. The molecule has 2 amide bonds. The first kappa shape index (κ1) is 24.8. The molecular formula is C27H24F3N3O4. The van der Waals surface area contributed by atoms with E-state index < -0.39 is 23.4 Å². The summed E-state index contributed by atoms with van der Waals surface area (Å²) >= 11 is 0. The van der Waals surface area contributed by atoms with Crippen LogP contribution in [0, 0.1) is 6.92 Å². The van der Waals surface area contributed by atoms with Gasteiger partial charge in [-0.15, -0.1) is 0 Å². The molecule has 1 saturated heterocycles. The van der Waals surface area contributed by atoms with E-state index in [2.05, 4.69) is 15.6 Å². The topological polar surface area (TPSA) is 89.6 Å². The molecule has 37 heavy (non-hydrogen) atoms. The van der Waals surface area contributed by atoms with Crippen molar-refractivity contribution >= 4 is 17.5 Å². The molecule has 0 unspecified atom stereocenters. The lowest BCUT2D eigenvalue weighted by Crippen LogP contribution is -2.49. The molecule has 1 spiro atoms. The Balaban J connectivity index is 1.44. The van der Waals surface area contributed by atoms with Gasteiger partial charge in [0, 0.05) is 30.3 Å². The van der Waals surface area contributed by atoms with Gasteiger partial charge in [-0.1, -0.05) is 12.1 Å². The number of benzene rings is 2. The van der Waals surface area contributed by atoms with Crippen LogP contribution < -0.4 is 15.4 Å². The monoisotopic (exact) mass is 511 g/mol. The van der Waals surface area contributed by atoms with E-state index in [1.807, 2.05) is 13.0 Å². The number of halogens is 3. The largest absolute Gasteiger partial charge is 0.484 e. The van der Waals surface area contributed by atoms with Crippen LogP contribution in [0.2, 0.25) is 0 Å². The van der Waals surface area contributed by atoms with Crippen LogP contribution in [0.5, 0.6) is 5.75 Å². The summed E-state index contributed by atoms with van der Waals surface area (Å²) in [6.07, 6.45) is -2.39. The summed E-state index contributed by atoms with van der Waals surface area (Å²) in [4.78, 5) is 28.7. The number of nitrogens with zero attached hydrogens (tertiary/aromatic N) is 1. The number of amides is 2. The summed E-state index contributed by atoms with van der Waals surface area (Å²) in [5.74, 6) is -0.427. The summed E-state index contributed by atoms with van der Waals surface area (Å²) in [5.41, 5.74) is 1.46. The van der Waals surface area contributed by atoms with Gasteiger partial charge in [0.25, 0.3) is 11.8 Å². The lowest BCUT2D eigenvalue weighted by Gasteiger charge is -2.36. The predicted octanol–water partition coefficient (Wildman–Crippen LogP) is 5.00. The first-order valence-electron chi connectivity index (χ1n) is 11.8. The van der Waals surface area contributed by atoms with Crippen molar-refractivity contribution in [1.29, 1.82) is 0 Å². The second kappa shape index (κ2) is 9.51. The smallest absolute Gasteiger partial charge is 0.433 e. The highest BCUT2D eigenvalue weighted by atomic mass is 19.4. The van der Waals surface area contributed by atoms with Gasteiger partial charge in [-0.3, -0.25) is 14.6 Å². The van der Waals surface area contributed by atoms with Crippen LogP contribution in [0.15, 0.2) is 54.7 Å². The van der Waals surface area contributed by atoms with Crippen molar-refractivity contribution in [2.45, 2.75) is 31.5 Å². The fourth-order valence-electron chi connectivity index (χ4n) is 4.53. The molecule has 192 valence electrons. The standard InChI is InChI=1S/C27H24F3N3O4/c1-16-2-4-19(33-24(34)18-6-9-31-23(13-18)27(28,29)30)14-21(16)17-3-5-20-22(12-17)37-26(15-32-25(20)35)7-10-36-11-8-26/h2-6,9,12-14H,7-8,10-11,15H2,1H3,(H,32,35)(H,33,34). The van der Waals surface area contributed by atoms with Gasteiger partial charge in [-0.25, -0.2) is 0 Å². The minimum atomic E-state index is -4.65. The Morgan fingerprint density at radius 1 is 1.05 bits per heavy atom. The maximum Gasteiger partial charge on any atom is 0.433 e. The Morgan fingerprint density at radius 3 is 2.59 bits per heavy atom. The van der Waals surface area contributed by atoms with Gasteiger partial charge in [-0.2, -0.15) is 13.2 Å². The van der Waals surface area contributed by atoms with Crippen molar-refractivity contribution in [3.63, 3.8) is 0 Å². The van der Waals surface area contributed by atoms with Crippen molar-refractivity contribution in [3.05, 3.63) is 77.1 Å². The number of carbonyl (C=O) groups is 2. The minimum Gasteiger partial charge on any atom is -0.484 e. The Morgan fingerprint density at radius 2 is 1.84 bits per heavy atom. The highest BCUT2D eigenvalue weighted by Gasteiger charge is 2.39. The summed E-state index contributed by atoms with van der Waals surface area (Å²) in [6.45, 7) is 3.39. The molecule has 3 aromatic rings. The number of hydrogen-bond donors (Lipinski definition) is 2. The number of ether oxygens (including phenoxy) is 2. The maximum atomic E-state index is 13.0. The lowest BCUT2D eigenvalue weighted by molar-refractivity contribution is -0.141. The van der Waals surface area contributed by atoms with Gasteiger partial charge in [-0.05, 0) is 60.0 Å². The van der Waals surface area contributed by atoms with E-state index in [4.69, 9.17) is 9.47 Å². The first-order valence-corrected chi connectivity index (χ1v) is 11.8. The van der Waals surface area contributed by atoms with Crippen LogP contribution in [0.3, 0.4) is 0 Å². The third-order valence-electron chi connectivity index (χ3n) is 6.65. The zero-order chi connectivity index (χ0) is 26.2.